The Morgan fingerprint density at radius 1 is 0.676 bits per heavy atom. The summed E-state index contributed by atoms with van der Waals surface area (Å²) in [6.45, 7) is 12.3. The molecule has 2 aromatic carbocycles. The maximum absolute atomic E-state index is 13.0. The third kappa shape index (κ3) is 4.71. The van der Waals surface area contributed by atoms with Crippen molar-refractivity contribution in [3.05, 3.63) is 94.6 Å². The number of H-pyrrole nitrogens is 2. The van der Waals surface area contributed by atoms with Gasteiger partial charge >= 0.3 is 11.9 Å². The van der Waals surface area contributed by atoms with Gasteiger partial charge in [-0.05, 0) is 63.8 Å². The Kier molecular flexibility index (Phi) is 7.39. The highest BCUT2D eigenvalue weighted by Gasteiger charge is 2.36. The Morgan fingerprint density at radius 2 is 1.03 bits per heavy atom. The van der Waals surface area contributed by atoms with Crippen molar-refractivity contribution in [3.63, 3.8) is 0 Å². The Bertz CT molecular complexity index is 1300. The Balaban J connectivity index is 1.94. The number of hydrogen-bond donors (Lipinski definition) is 2. The standard InChI is InChI=1S/C31H34N2O4/c1-7-36-29(34)25-23(21-15-11-9-12-16-21)19(3)27(32-25)31(5,6)28-20(4)24(22-17-13-10-14-18-22)26(33-28)30(35)37-8-2/h9-18,32-33H,7-8H2,1-6H3. The molecule has 6 heteroatoms. The molecule has 2 aromatic heterocycles. The zero-order valence-electron chi connectivity index (χ0n) is 22.3. The van der Waals surface area contributed by atoms with E-state index in [0.717, 1.165) is 44.8 Å². The number of esters is 2. The van der Waals surface area contributed by atoms with Crippen LogP contribution in [0.15, 0.2) is 60.7 Å². The van der Waals surface area contributed by atoms with Crippen LogP contribution in [0.2, 0.25) is 0 Å². The summed E-state index contributed by atoms with van der Waals surface area (Å²) >= 11 is 0. The van der Waals surface area contributed by atoms with Crippen molar-refractivity contribution in [1.29, 1.82) is 0 Å². The van der Waals surface area contributed by atoms with Crippen molar-refractivity contribution in [1.82, 2.24) is 9.97 Å². The third-order valence-electron chi connectivity index (χ3n) is 6.83. The molecule has 0 saturated carbocycles. The molecule has 0 saturated heterocycles. The highest BCUT2D eigenvalue weighted by atomic mass is 16.5. The zero-order chi connectivity index (χ0) is 26.7. The highest BCUT2D eigenvalue weighted by molar-refractivity contribution is 5.98. The second kappa shape index (κ2) is 10.5. The SMILES string of the molecule is CCOC(=O)c1[nH]c(C(C)(C)c2[nH]c(C(=O)OCC)c(-c3ccccc3)c2C)c(C)c1-c1ccccc1. The van der Waals surface area contributed by atoms with Crippen molar-refractivity contribution in [2.75, 3.05) is 13.2 Å². The number of aromatic amines is 2. The average Bonchev–Trinajstić information content (AvgIpc) is 3.43. The second-order valence-corrected chi connectivity index (χ2v) is 9.55. The number of carbonyl (C=O) groups is 2. The molecular formula is C31H34N2O4. The van der Waals surface area contributed by atoms with Gasteiger partial charge in [-0.15, -0.1) is 0 Å². The predicted molar refractivity (Wildman–Crippen MR) is 146 cm³/mol. The number of rotatable bonds is 8. The molecular weight excluding hydrogens is 464 g/mol. The largest absolute Gasteiger partial charge is 0.461 e. The van der Waals surface area contributed by atoms with Gasteiger partial charge in [0.15, 0.2) is 0 Å². The van der Waals surface area contributed by atoms with E-state index in [1.807, 2.05) is 74.5 Å². The molecule has 0 aliphatic carbocycles. The molecule has 0 fully saturated rings. The predicted octanol–water partition coefficient (Wildman–Crippen LogP) is 6.97. The minimum Gasteiger partial charge on any atom is -0.461 e. The Labute approximate surface area is 218 Å². The molecule has 2 heterocycles. The molecule has 0 aliphatic heterocycles. The number of nitrogens with one attached hydrogen (secondary N) is 2. The number of carbonyl (C=O) groups excluding carboxylic acids is 2. The molecule has 0 unspecified atom stereocenters. The van der Waals surface area contributed by atoms with Crippen molar-refractivity contribution in [3.8, 4) is 22.3 Å². The van der Waals surface area contributed by atoms with Crippen LogP contribution in [0.5, 0.6) is 0 Å². The van der Waals surface area contributed by atoms with E-state index in [1.54, 1.807) is 13.8 Å². The lowest BCUT2D eigenvalue weighted by atomic mass is 9.80. The van der Waals surface area contributed by atoms with E-state index in [9.17, 15) is 9.59 Å². The Morgan fingerprint density at radius 3 is 1.35 bits per heavy atom. The first-order chi connectivity index (χ1) is 17.7. The van der Waals surface area contributed by atoms with Gasteiger partial charge in [-0.3, -0.25) is 0 Å². The van der Waals surface area contributed by atoms with Crippen LogP contribution in [0, 0.1) is 13.8 Å². The third-order valence-corrected chi connectivity index (χ3v) is 6.83. The van der Waals surface area contributed by atoms with Crippen molar-refractivity contribution < 1.29 is 19.1 Å². The molecule has 2 N–H and O–H groups in total. The molecule has 0 bridgehead atoms. The van der Waals surface area contributed by atoms with Crippen LogP contribution in [-0.2, 0) is 14.9 Å². The molecule has 37 heavy (non-hydrogen) atoms. The number of ether oxygens (including phenoxy) is 2. The molecule has 4 rings (SSSR count). The minimum atomic E-state index is -0.614. The van der Waals surface area contributed by atoms with E-state index >= 15 is 0 Å². The van der Waals surface area contributed by atoms with Gasteiger partial charge in [0.25, 0.3) is 0 Å². The molecule has 192 valence electrons. The van der Waals surface area contributed by atoms with Crippen LogP contribution in [0.25, 0.3) is 22.3 Å². The van der Waals surface area contributed by atoms with E-state index in [4.69, 9.17) is 9.47 Å². The summed E-state index contributed by atoms with van der Waals surface area (Å²) in [5.74, 6) is -0.793. The van der Waals surface area contributed by atoms with Crippen LogP contribution >= 0.6 is 0 Å². The van der Waals surface area contributed by atoms with E-state index in [0.29, 0.717) is 11.4 Å². The molecule has 0 atom stereocenters. The van der Waals surface area contributed by atoms with Crippen LogP contribution in [-0.4, -0.2) is 35.1 Å². The molecule has 0 aliphatic rings. The normalized spacial score (nSPS) is 11.4. The van der Waals surface area contributed by atoms with Gasteiger partial charge in [0.1, 0.15) is 11.4 Å². The summed E-state index contributed by atoms with van der Waals surface area (Å²) in [6, 6.07) is 19.7. The van der Waals surface area contributed by atoms with Gasteiger partial charge in [0, 0.05) is 27.9 Å². The average molecular weight is 499 g/mol. The van der Waals surface area contributed by atoms with Crippen LogP contribution in [0.3, 0.4) is 0 Å². The fourth-order valence-electron chi connectivity index (χ4n) is 5.21. The topological polar surface area (TPSA) is 84.2 Å². The lowest BCUT2D eigenvalue weighted by Crippen LogP contribution is -2.23. The van der Waals surface area contributed by atoms with Crippen LogP contribution in [0.1, 0.15) is 71.2 Å². The molecule has 0 spiro atoms. The summed E-state index contributed by atoms with van der Waals surface area (Å²) in [4.78, 5) is 32.9. The fraction of sp³-hybridized carbons (Fsp3) is 0.290. The van der Waals surface area contributed by atoms with Crippen LogP contribution in [0.4, 0.5) is 0 Å². The maximum Gasteiger partial charge on any atom is 0.355 e. The Hall–Kier alpha value is -4.06. The van der Waals surface area contributed by atoms with Gasteiger partial charge in [0.2, 0.25) is 0 Å². The van der Waals surface area contributed by atoms with Gasteiger partial charge in [-0.25, -0.2) is 9.59 Å². The van der Waals surface area contributed by atoms with Gasteiger partial charge in [0.05, 0.1) is 13.2 Å². The highest BCUT2D eigenvalue weighted by Crippen LogP contribution is 2.43. The number of benzene rings is 2. The van der Waals surface area contributed by atoms with Crippen molar-refractivity contribution in [2.24, 2.45) is 0 Å². The number of hydrogen-bond acceptors (Lipinski definition) is 4. The first kappa shape index (κ1) is 26.0. The lowest BCUT2D eigenvalue weighted by Gasteiger charge is -2.25. The fourth-order valence-corrected chi connectivity index (χ4v) is 5.21. The van der Waals surface area contributed by atoms with E-state index in [2.05, 4.69) is 23.8 Å². The first-order valence-corrected chi connectivity index (χ1v) is 12.6. The van der Waals surface area contributed by atoms with Crippen molar-refractivity contribution in [2.45, 2.75) is 47.0 Å². The second-order valence-electron chi connectivity index (χ2n) is 9.55. The molecule has 4 aromatic rings. The molecule has 6 nitrogen and oxygen atoms in total. The summed E-state index contributed by atoms with van der Waals surface area (Å²) in [5, 5.41) is 0. The maximum atomic E-state index is 13.0. The van der Waals surface area contributed by atoms with Crippen molar-refractivity contribution >= 4 is 11.9 Å². The van der Waals surface area contributed by atoms with E-state index in [-0.39, 0.29) is 13.2 Å². The van der Waals surface area contributed by atoms with E-state index in [1.165, 1.54) is 0 Å². The van der Waals surface area contributed by atoms with E-state index < -0.39 is 17.4 Å². The summed E-state index contributed by atoms with van der Waals surface area (Å²) in [5.41, 5.74) is 7.38. The quantitative estimate of drug-likeness (QED) is 0.257. The lowest BCUT2D eigenvalue weighted by molar-refractivity contribution is 0.0512. The summed E-state index contributed by atoms with van der Waals surface area (Å²) in [7, 11) is 0. The smallest absolute Gasteiger partial charge is 0.355 e. The molecule has 0 radical (unpaired) electrons. The summed E-state index contributed by atoms with van der Waals surface area (Å²) in [6.07, 6.45) is 0. The van der Waals surface area contributed by atoms with Gasteiger partial charge in [-0.1, -0.05) is 60.7 Å². The molecule has 0 amide bonds. The van der Waals surface area contributed by atoms with Gasteiger partial charge in [-0.2, -0.15) is 0 Å². The first-order valence-electron chi connectivity index (χ1n) is 12.6. The summed E-state index contributed by atoms with van der Waals surface area (Å²) < 4.78 is 10.8. The number of aromatic nitrogens is 2. The van der Waals surface area contributed by atoms with Gasteiger partial charge < -0.3 is 19.4 Å². The zero-order valence-corrected chi connectivity index (χ0v) is 22.3. The monoisotopic (exact) mass is 498 g/mol. The van der Waals surface area contributed by atoms with Crippen LogP contribution < -0.4 is 0 Å². The minimum absolute atomic E-state index is 0.281.